The van der Waals surface area contributed by atoms with Gasteiger partial charge in [0.25, 0.3) is 5.91 Å². The van der Waals surface area contributed by atoms with Crippen LogP contribution >= 0.6 is 0 Å². The van der Waals surface area contributed by atoms with E-state index in [0.717, 1.165) is 5.56 Å². The highest BCUT2D eigenvalue weighted by molar-refractivity contribution is 6.09. The molecule has 0 aliphatic carbocycles. The molecule has 0 aliphatic heterocycles. The summed E-state index contributed by atoms with van der Waals surface area (Å²) in [5, 5.41) is 11.9. The third kappa shape index (κ3) is 4.82. The van der Waals surface area contributed by atoms with Crippen LogP contribution in [0.1, 0.15) is 18.1 Å². The Bertz CT molecular complexity index is 813. The summed E-state index contributed by atoms with van der Waals surface area (Å²) in [6.07, 6.45) is 1.47. The Morgan fingerprint density at radius 3 is 2.25 bits per heavy atom. The van der Waals surface area contributed by atoms with Crippen molar-refractivity contribution in [1.29, 1.82) is 5.26 Å². The number of benzene rings is 2. The van der Waals surface area contributed by atoms with Crippen molar-refractivity contribution >= 4 is 23.6 Å². The fourth-order valence-electron chi connectivity index (χ4n) is 1.95. The summed E-state index contributed by atoms with van der Waals surface area (Å²) in [5.41, 5.74) is 2.34. The smallest absolute Gasteiger partial charge is 0.308 e. The molecule has 2 aromatic carbocycles. The molecule has 0 bridgehead atoms. The molecule has 0 spiro atoms. The average molecular weight is 320 g/mol. The summed E-state index contributed by atoms with van der Waals surface area (Å²) in [5.74, 6) is -0.485. The first-order chi connectivity index (χ1) is 11.5. The van der Waals surface area contributed by atoms with E-state index in [-0.39, 0.29) is 5.57 Å². The molecule has 5 nitrogen and oxygen atoms in total. The number of rotatable bonds is 4. The van der Waals surface area contributed by atoms with Crippen LogP contribution < -0.4 is 10.1 Å². The van der Waals surface area contributed by atoms with Gasteiger partial charge in [-0.25, -0.2) is 0 Å². The molecule has 5 heteroatoms. The average Bonchev–Trinajstić information content (AvgIpc) is 2.55. The van der Waals surface area contributed by atoms with E-state index in [9.17, 15) is 14.9 Å². The van der Waals surface area contributed by atoms with Crippen molar-refractivity contribution < 1.29 is 14.3 Å². The Balaban J connectivity index is 2.13. The fourth-order valence-corrected chi connectivity index (χ4v) is 1.95. The zero-order chi connectivity index (χ0) is 17.5. The minimum atomic E-state index is -0.481. The van der Waals surface area contributed by atoms with E-state index in [1.54, 1.807) is 36.4 Å². The highest BCUT2D eigenvalue weighted by atomic mass is 16.5. The first-order valence-electron chi connectivity index (χ1n) is 7.26. The Labute approximate surface area is 140 Å². The first-order valence-corrected chi connectivity index (χ1v) is 7.26. The van der Waals surface area contributed by atoms with Crippen LogP contribution in [-0.4, -0.2) is 11.9 Å². The summed E-state index contributed by atoms with van der Waals surface area (Å²) in [6, 6.07) is 15.7. The molecule has 1 N–H and O–H groups in total. The van der Waals surface area contributed by atoms with Gasteiger partial charge in [0.15, 0.2) is 0 Å². The van der Waals surface area contributed by atoms with Crippen molar-refractivity contribution in [3.05, 3.63) is 65.2 Å². The van der Waals surface area contributed by atoms with Gasteiger partial charge in [-0.05, 0) is 42.8 Å². The molecule has 0 unspecified atom stereocenters. The Hall–Kier alpha value is -3.39. The van der Waals surface area contributed by atoms with Gasteiger partial charge >= 0.3 is 5.97 Å². The Morgan fingerprint density at radius 2 is 1.71 bits per heavy atom. The lowest BCUT2D eigenvalue weighted by atomic mass is 10.1. The van der Waals surface area contributed by atoms with Crippen LogP contribution in [0.2, 0.25) is 0 Å². The molecule has 0 saturated carbocycles. The van der Waals surface area contributed by atoms with Crippen molar-refractivity contribution in [2.75, 3.05) is 5.32 Å². The Kier molecular flexibility index (Phi) is 5.48. The number of nitrogens with one attached hydrogen (secondary N) is 1. The topological polar surface area (TPSA) is 79.2 Å². The normalized spacial score (nSPS) is 10.6. The quantitative estimate of drug-likeness (QED) is 0.405. The van der Waals surface area contributed by atoms with Crippen LogP contribution in [0, 0.1) is 18.3 Å². The van der Waals surface area contributed by atoms with Crippen molar-refractivity contribution in [2.45, 2.75) is 13.8 Å². The molecule has 24 heavy (non-hydrogen) atoms. The molecule has 0 fully saturated rings. The first kappa shape index (κ1) is 17.0. The van der Waals surface area contributed by atoms with E-state index >= 15 is 0 Å². The van der Waals surface area contributed by atoms with E-state index < -0.39 is 11.9 Å². The fraction of sp³-hybridized carbons (Fsp3) is 0.105. The van der Waals surface area contributed by atoms with Crippen LogP contribution in [-0.2, 0) is 9.59 Å². The predicted molar refractivity (Wildman–Crippen MR) is 91.1 cm³/mol. The zero-order valence-electron chi connectivity index (χ0n) is 13.4. The highest BCUT2D eigenvalue weighted by Gasteiger charge is 2.09. The summed E-state index contributed by atoms with van der Waals surface area (Å²) in [4.78, 5) is 23.1. The summed E-state index contributed by atoms with van der Waals surface area (Å²) < 4.78 is 4.93. The highest BCUT2D eigenvalue weighted by Crippen LogP contribution is 2.16. The summed E-state index contributed by atoms with van der Waals surface area (Å²) in [7, 11) is 0. The van der Waals surface area contributed by atoms with Gasteiger partial charge in [-0.2, -0.15) is 5.26 Å². The number of anilines is 1. The molecule has 0 radical (unpaired) electrons. The number of carbonyl (C=O) groups excluding carboxylic acids is 2. The number of nitriles is 1. The predicted octanol–water partition coefficient (Wildman–Crippen LogP) is 3.47. The number of hydrogen-bond acceptors (Lipinski definition) is 4. The van der Waals surface area contributed by atoms with Gasteiger partial charge in [0, 0.05) is 12.6 Å². The van der Waals surface area contributed by atoms with Crippen molar-refractivity contribution in [1.82, 2.24) is 0 Å². The second kappa shape index (κ2) is 7.75. The van der Waals surface area contributed by atoms with Gasteiger partial charge in [0.05, 0.1) is 0 Å². The molecule has 0 saturated heterocycles. The van der Waals surface area contributed by atoms with E-state index in [0.29, 0.717) is 17.0 Å². The molecule has 0 aliphatic rings. The van der Waals surface area contributed by atoms with Crippen LogP contribution in [0.5, 0.6) is 5.75 Å². The van der Waals surface area contributed by atoms with Crippen molar-refractivity contribution in [3.63, 3.8) is 0 Å². The van der Waals surface area contributed by atoms with E-state index in [2.05, 4.69) is 5.32 Å². The molecule has 0 heterocycles. The van der Waals surface area contributed by atoms with Gasteiger partial charge in [-0.3, -0.25) is 9.59 Å². The van der Waals surface area contributed by atoms with Gasteiger partial charge in [-0.15, -0.1) is 0 Å². The SMILES string of the molecule is CC(=O)Oc1ccc(/C=C(/C#N)C(=O)Nc2ccc(C)cc2)cc1. The van der Waals surface area contributed by atoms with Gasteiger partial charge in [0.2, 0.25) is 0 Å². The number of carbonyl (C=O) groups is 2. The van der Waals surface area contributed by atoms with Crippen LogP contribution in [0.4, 0.5) is 5.69 Å². The monoisotopic (exact) mass is 320 g/mol. The molecule has 2 rings (SSSR count). The lowest BCUT2D eigenvalue weighted by Gasteiger charge is -2.05. The molecule has 1 amide bonds. The second-order valence-corrected chi connectivity index (χ2v) is 5.15. The van der Waals surface area contributed by atoms with Gasteiger partial charge in [0.1, 0.15) is 17.4 Å². The van der Waals surface area contributed by atoms with Crippen molar-refractivity contribution in [2.24, 2.45) is 0 Å². The lowest BCUT2D eigenvalue weighted by Crippen LogP contribution is -2.13. The van der Waals surface area contributed by atoms with E-state index in [4.69, 9.17) is 4.74 Å². The Morgan fingerprint density at radius 1 is 1.08 bits per heavy atom. The molecule has 120 valence electrons. The largest absolute Gasteiger partial charge is 0.427 e. The van der Waals surface area contributed by atoms with Gasteiger partial charge < -0.3 is 10.1 Å². The number of aryl methyl sites for hydroxylation is 1. The maximum Gasteiger partial charge on any atom is 0.308 e. The third-order valence-electron chi connectivity index (χ3n) is 3.13. The molecule has 2 aromatic rings. The minimum absolute atomic E-state index is 0.0178. The lowest BCUT2D eigenvalue weighted by molar-refractivity contribution is -0.131. The molecular weight excluding hydrogens is 304 g/mol. The zero-order valence-corrected chi connectivity index (χ0v) is 13.4. The number of amides is 1. The maximum absolute atomic E-state index is 12.2. The van der Waals surface area contributed by atoms with Crippen LogP contribution in [0.25, 0.3) is 6.08 Å². The molecule has 0 aromatic heterocycles. The number of esters is 1. The van der Waals surface area contributed by atoms with E-state index in [1.807, 2.05) is 25.1 Å². The summed E-state index contributed by atoms with van der Waals surface area (Å²) >= 11 is 0. The number of ether oxygens (including phenoxy) is 1. The second-order valence-electron chi connectivity index (χ2n) is 5.15. The van der Waals surface area contributed by atoms with E-state index in [1.165, 1.54) is 13.0 Å². The van der Waals surface area contributed by atoms with Crippen molar-refractivity contribution in [3.8, 4) is 11.8 Å². The maximum atomic E-state index is 12.2. The van der Waals surface area contributed by atoms with Crippen LogP contribution in [0.15, 0.2) is 54.1 Å². The van der Waals surface area contributed by atoms with Crippen LogP contribution in [0.3, 0.4) is 0 Å². The summed E-state index contributed by atoms with van der Waals surface area (Å²) in [6.45, 7) is 3.27. The molecular formula is C19H16N2O3. The number of nitrogens with zero attached hydrogens (tertiary/aromatic N) is 1. The van der Waals surface area contributed by atoms with Gasteiger partial charge in [-0.1, -0.05) is 29.8 Å². The minimum Gasteiger partial charge on any atom is -0.427 e. The molecule has 0 atom stereocenters. The third-order valence-corrected chi connectivity index (χ3v) is 3.13. The standard InChI is InChI=1S/C19H16N2O3/c1-13-3-7-17(8-4-13)21-19(23)16(12-20)11-15-5-9-18(10-6-15)24-14(2)22/h3-11H,1-2H3,(H,21,23)/b16-11-. The number of hydrogen-bond donors (Lipinski definition) is 1.